The van der Waals surface area contributed by atoms with Crippen molar-refractivity contribution in [2.75, 3.05) is 33.3 Å². The summed E-state index contributed by atoms with van der Waals surface area (Å²) in [5, 5.41) is 0. The maximum absolute atomic E-state index is 12.6. The van der Waals surface area contributed by atoms with Crippen molar-refractivity contribution < 1.29 is 14.3 Å². The first-order valence-electron chi connectivity index (χ1n) is 8.43. The summed E-state index contributed by atoms with van der Waals surface area (Å²) >= 11 is 0. The van der Waals surface area contributed by atoms with Crippen molar-refractivity contribution >= 4 is 11.8 Å². The first-order chi connectivity index (χ1) is 11.2. The number of hydrogen-bond donors (Lipinski definition) is 0. The summed E-state index contributed by atoms with van der Waals surface area (Å²) in [6, 6.07) is 5.87. The zero-order valence-electron chi connectivity index (χ0n) is 15.4. The molecule has 132 valence electrons. The lowest BCUT2D eigenvalue weighted by molar-refractivity contribution is -0.144. The number of nitrogens with zero attached hydrogens (tertiary/aromatic N) is 2. The molecule has 0 spiro atoms. The van der Waals surface area contributed by atoms with Crippen LogP contribution in [-0.4, -0.2) is 54.9 Å². The molecule has 0 unspecified atom stereocenters. The van der Waals surface area contributed by atoms with E-state index in [0.29, 0.717) is 32.6 Å². The van der Waals surface area contributed by atoms with Gasteiger partial charge < -0.3 is 14.5 Å². The summed E-state index contributed by atoms with van der Waals surface area (Å²) < 4.78 is 5.35. The van der Waals surface area contributed by atoms with Crippen LogP contribution in [0.3, 0.4) is 0 Å². The van der Waals surface area contributed by atoms with E-state index in [1.54, 1.807) is 7.11 Å². The van der Waals surface area contributed by atoms with Gasteiger partial charge in [-0.25, -0.2) is 0 Å². The Bertz CT molecular complexity index is 612. The first kappa shape index (κ1) is 18.3. The third-order valence-electron chi connectivity index (χ3n) is 4.34. The second-order valence-corrected chi connectivity index (χ2v) is 7.42. The molecule has 1 saturated heterocycles. The topological polar surface area (TPSA) is 49.9 Å². The number of amides is 2. The van der Waals surface area contributed by atoms with E-state index in [4.69, 9.17) is 4.74 Å². The molecule has 5 heteroatoms. The molecule has 0 aromatic heterocycles. The molecule has 0 atom stereocenters. The minimum absolute atomic E-state index is 0.0850. The molecule has 1 heterocycles. The Morgan fingerprint density at radius 3 is 2.21 bits per heavy atom. The van der Waals surface area contributed by atoms with Gasteiger partial charge in [0.1, 0.15) is 5.75 Å². The molecule has 5 nitrogen and oxygen atoms in total. The number of hydrogen-bond acceptors (Lipinski definition) is 3. The van der Waals surface area contributed by atoms with E-state index in [1.165, 1.54) is 0 Å². The van der Waals surface area contributed by atoms with Crippen LogP contribution in [0.15, 0.2) is 18.2 Å². The van der Waals surface area contributed by atoms with Crippen LogP contribution in [0.4, 0.5) is 0 Å². The quantitative estimate of drug-likeness (QED) is 0.853. The highest BCUT2D eigenvalue weighted by Gasteiger charge is 2.30. The van der Waals surface area contributed by atoms with Gasteiger partial charge in [0.05, 0.1) is 13.5 Å². The molecule has 1 aromatic rings. The van der Waals surface area contributed by atoms with E-state index in [-0.39, 0.29) is 17.2 Å². The van der Waals surface area contributed by atoms with Crippen molar-refractivity contribution in [3.05, 3.63) is 29.3 Å². The van der Waals surface area contributed by atoms with Gasteiger partial charge in [0, 0.05) is 37.2 Å². The van der Waals surface area contributed by atoms with Crippen molar-refractivity contribution in [3.63, 3.8) is 0 Å². The van der Waals surface area contributed by atoms with Crippen molar-refractivity contribution in [1.29, 1.82) is 0 Å². The normalized spacial score (nSPS) is 15.4. The largest absolute Gasteiger partial charge is 0.496 e. The molecule has 2 rings (SSSR count). The standard InChI is InChI=1S/C19H28N2O3/c1-14-6-7-16(24-5)15(12-14)13-17(22)20-8-10-21(11-9-20)18(23)19(2,3)4/h6-7,12H,8-11,13H2,1-5H3. The number of benzene rings is 1. The van der Waals surface area contributed by atoms with Gasteiger partial charge in [-0.2, -0.15) is 0 Å². The van der Waals surface area contributed by atoms with Crippen molar-refractivity contribution in [2.45, 2.75) is 34.1 Å². The maximum Gasteiger partial charge on any atom is 0.228 e. The number of rotatable bonds is 3. The van der Waals surface area contributed by atoms with E-state index in [1.807, 2.05) is 55.7 Å². The summed E-state index contributed by atoms with van der Waals surface area (Å²) in [6.45, 7) is 10.2. The Hall–Kier alpha value is -2.04. The van der Waals surface area contributed by atoms with Gasteiger partial charge in [0.15, 0.2) is 0 Å². The minimum Gasteiger partial charge on any atom is -0.496 e. The molecule has 0 N–H and O–H groups in total. The summed E-state index contributed by atoms with van der Waals surface area (Å²) in [5.41, 5.74) is 1.65. The highest BCUT2D eigenvalue weighted by Crippen LogP contribution is 2.22. The fraction of sp³-hybridized carbons (Fsp3) is 0.579. The molecule has 24 heavy (non-hydrogen) atoms. The van der Waals surface area contributed by atoms with E-state index in [0.717, 1.165) is 16.9 Å². The van der Waals surface area contributed by atoms with Crippen molar-refractivity contribution in [2.24, 2.45) is 5.41 Å². The summed E-state index contributed by atoms with van der Waals surface area (Å²) in [5.74, 6) is 0.979. The fourth-order valence-electron chi connectivity index (χ4n) is 2.95. The highest BCUT2D eigenvalue weighted by molar-refractivity contribution is 5.83. The Morgan fingerprint density at radius 1 is 1.08 bits per heavy atom. The van der Waals surface area contributed by atoms with E-state index >= 15 is 0 Å². The van der Waals surface area contributed by atoms with Crippen LogP contribution in [0.2, 0.25) is 0 Å². The molecule has 2 amide bonds. The third-order valence-corrected chi connectivity index (χ3v) is 4.34. The zero-order chi connectivity index (χ0) is 17.9. The maximum atomic E-state index is 12.6. The van der Waals surface area contributed by atoms with Crippen LogP contribution >= 0.6 is 0 Å². The molecular formula is C19H28N2O3. The van der Waals surface area contributed by atoms with Gasteiger partial charge in [-0.3, -0.25) is 9.59 Å². The van der Waals surface area contributed by atoms with E-state index < -0.39 is 0 Å². The number of carbonyl (C=O) groups excluding carboxylic acids is 2. The van der Waals surface area contributed by atoms with Gasteiger partial charge in [-0.15, -0.1) is 0 Å². The second-order valence-electron chi connectivity index (χ2n) is 7.42. The molecule has 0 saturated carbocycles. The lowest BCUT2D eigenvalue weighted by Gasteiger charge is -2.37. The predicted molar refractivity (Wildman–Crippen MR) is 94.1 cm³/mol. The number of carbonyl (C=O) groups is 2. The molecule has 0 aliphatic carbocycles. The SMILES string of the molecule is COc1ccc(C)cc1CC(=O)N1CCN(C(=O)C(C)(C)C)CC1. The van der Waals surface area contributed by atoms with E-state index in [9.17, 15) is 9.59 Å². The fourth-order valence-corrected chi connectivity index (χ4v) is 2.95. The van der Waals surface area contributed by atoms with Crippen molar-refractivity contribution in [3.8, 4) is 5.75 Å². The molecule has 1 aromatic carbocycles. The van der Waals surface area contributed by atoms with Gasteiger partial charge in [0.2, 0.25) is 11.8 Å². The highest BCUT2D eigenvalue weighted by atomic mass is 16.5. The van der Waals surface area contributed by atoms with Gasteiger partial charge in [-0.1, -0.05) is 38.5 Å². The van der Waals surface area contributed by atoms with Crippen LogP contribution in [0.5, 0.6) is 5.75 Å². The van der Waals surface area contributed by atoms with Gasteiger partial charge >= 0.3 is 0 Å². The average Bonchev–Trinajstić information content (AvgIpc) is 2.53. The molecule has 1 aliphatic heterocycles. The van der Waals surface area contributed by atoms with Crippen LogP contribution in [-0.2, 0) is 16.0 Å². The Balaban J connectivity index is 1.96. The summed E-state index contributed by atoms with van der Waals surface area (Å²) in [7, 11) is 1.62. The molecule has 1 fully saturated rings. The number of methoxy groups -OCH3 is 1. The van der Waals surface area contributed by atoms with Crippen LogP contribution in [0.1, 0.15) is 31.9 Å². The molecular weight excluding hydrogens is 304 g/mol. The van der Waals surface area contributed by atoms with Gasteiger partial charge in [0.25, 0.3) is 0 Å². The second kappa shape index (κ2) is 7.24. The monoisotopic (exact) mass is 332 g/mol. The molecule has 0 radical (unpaired) electrons. The smallest absolute Gasteiger partial charge is 0.228 e. The summed E-state index contributed by atoms with van der Waals surface area (Å²) in [6.07, 6.45) is 0.331. The van der Waals surface area contributed by atoms with Gasteiger partial charge in [-0.05, 0) is 13.0 Å². The lowest BCUT2D eigenvalue weighted by Crippen LogP contribution is -2.53. The Kier molecular flexibility index (Phi) is 5.52. The Labute approximate surface area is 144 Å². The average molecular weight is 332 g/mol. The Morgan fingerprint density at radius 2 is 1.67 bits per heavy atom. The first-order valence-corrected chi connectivity index (χ1v) is 8.43. The lowest BCUT2D eigenvalue weighted by atomic mass is 9.94. The third kappa shape index (κ3) is 4.28. The predicted octanol–water partition coefficient (Wildman–Crippen LogP) is 2.26. The van der Waals surface area contributed by atoms with Crippen LogP contribution in [0, 0.1) is 12.3 Å². The summed E-state index contributed by atoms with van der Waals surface area (Å²) in [4.78, 5) is 28.6. The number of aryl methyl sites for hydroxylation is 1. The van der Waals surface area contributed by atoms with E-state index in [2.05, 4.69) is 0 Å². The van der Waals surface area contributed by atoms with Crippen molar-refractivity contribution in [1.82, 2.24) is 9.80 Å². The van der Waals surface area contributed by atoms with Crippen LogP contribution in [0.25, 0.3) is 0 Å². The molecule has 0 bridgehead atoms. The zero-order valence-corrected chi connectivity index (χ0v) is 15.4. The number of piperazine rings is 1. The molecule has 1 aliphatic rings. The number of ether oxygens (including phenoxy) is 1. The van der Waals surface area contributed by atoms with Crippen LogP contribution < -0.4 is 4.74 Å². The minimum atomic E-state index is -0.374.